The Morgan fingerprint density at radius 1 is 0.429 bits per heavy atom. The number of unbranched alkanes of at least 4 members (excludes halogenated alkanes) is 3. The zero-order chi connectivity index (χ0) is 70.3. The van der Waals surface area contributed by atoms with Crippen LogP contribution in [0.3, 0.4) is 0 Å². The summed E-state index contributed by atoms with van der Waals surface area (Å²) in [5, 5.41) is 14.9. The summed E-state index contributed by atoms with van der Waals surface area (Å²) < 4.78 is 31.8. The number of ether oxygens (including phenoxy) is 6. The second-order valence-corrected chi connectivity index (χ2v) is 29.0. The van der Waals surface area contributed by atoms with Crippen molar-refractivity contribution >= 4 is 60.2 Å². The van der Waals surface area contributed by atoms with Gasteiger partial charge < -0.3 is 67.8 Å². The fraction of sp³-hybridized carbons (Fsp3) is 0.844. The lowest BCUT2D eigenvalue weighted by Gasteiger charge is -2.32. The molecule has 0 bridgehead atoms. The first-order valence-electron chi connectivity index (χ1n) is 29.9. The van der Waals surface area contributed by atoms with Gasteiger partial charge in [-0.25, -0.2) is 24.0 Å². The van der Waals surface area contributed by atoms with Gasteiger partial charge in [0.25, 0.3) is 0 Å². The molecule has 91 heavy (non-hydrogen) atoms. The molecule has 5 atom stereocenters. The quantitative estimate of drug-likeness (QED) is 0.0143. The molecule has 0 aliphatic rings. The van der Waals surface area contributed by atoms with Gasteiger partial charge in [-0.1, -0.05) is 94.1 Å². The van der Waals surface area contributed by atoms with Gasteiger partial charge in [-0.05, 0) is 173 Å². The molecule has 0 radical (unpaired) electrons. The molecule has 0 spiro atoms. The third-order valence-electron chi connectivity index (χ3n) is 10.8. The minimum absolute atomic E-state index is 0. The molecule has 0 aromatic rings. The summed E-state index contributed by atoms with van der Waals surface area (Å²) in [4.78, 5) is 133. The molecule has 0 aliphatic carbocycles. The Bertz CT molecular complexity index is 2210. The van der Waals surface area contributed by atoms with Crippen LogP contribution in [-0.2, 0) is 76.4 Å². The summed E-state index contributed by atoms with van der Waals surface area (Å²) >= 11 is 0. The highest BCUT2D eigenvalue weighted by molar-refractivity contribution is 5.85. The zero-order valence-corrected chi connectivity index (χ0v) is 59.3. The Morgan fingerprint density at radius 2 is 0.692 bits per heavy atom. The topological polar surface area (TPSA) is 385 Å². The number of amides is 4. The molecule has 534 valence electrons. The Morgan fingerprint density at radius 3 is 0.945 bits per heavy atom. The average Bonchev–Trinajstić information content (AvgIpc) is 3.35. The highest BCUT2D eigenvalue weighted by Gasteiger charge is 2.34. The fourth-order valence-electron chi connectivity index (χ4n) is 7.07. The normalized spacial score (nSPS) is 12.9. The van der Waals surface area contributed by atoms with Gasteiger partial charge in [0.2, 0.25) is 0 Å². The van der Waals surface area contributed by atoms with Crippen molar-refractivity contribution in [1.82, 2.24) is 21.3 Å². The lowest BCUT2D eigenvalue weighted by molar-refractivity contribution is -0.410. The number of hydrogen-bond donors (Lipinski definition) is 5. The summed E-state index contributed by atoms with van der Waals surface area (Å²) in [7, 11) is 0. The first kappa shape index (κ1) is 101. The van der Waals surface area contributed by atoms with E-state index in [0.29, 0.717) is 19.4 Å². The summed E-state index contributed by atoms with van der Waals surface area (Å²) in [5.41, 5.74) is 8.03. The average molecular weight is 1330 g/mol. The van der Waals surface area contributed by atoms with E-state index in [1.165, 1.54) is 0 Å². The number of halogens is 1. The standard InChI is InChI=1S/C24H46N2O5.C23H43N5O5.C13H25NO4.2CO2.2CH4.ClH/c1-11-12-13-14-18(22(2,3)4)26-21(29)25-17(20(28)31-24(8,9)10)15-16-19(27)30-23(5,6)7;1-21(2,3)17(12-10-11-15-25-28-24)27-20(31)26-16(19(30)33-23(7,8)9)13-14-18(29)32-22(4,5)6;1-12(2,3)17-10(15)8-7-9(14)11(16)18-13(4,5)6;2*2-1-3;;;/h17-18H,11-16H2,1-10H3,(H2,25,26,29);16-17H,10-15H2,1-9H3,(H2,26,27,31);9H,7-8,14H2,1-6H3;;;2*1H4;1H/t17-,18-;16-,17-;9-;;;;;/m000...../s1. The van der Waals surface area contributed by atoms with Crippen LogP contribution in [0.4, 0.5) is 9.59 Å². The SMILES string of the molecule is C.C.CC(C)(C)OC(=O)CC[C@H](NC(=O)N[C@@H](CCCCN=[N+]=[N-])C(C)(C)C)C(=O)OC(C)(C)C.CC(C)(C)OC(=O)CC[C@H]([NH3+])C(=O)OC(C)(C)C.CCCCC[C@H](NC(=O)N[C@@H](CCC(=O)OC(C)(C)C)C(=O)OC(C)(C)C)C(C)(C)C.O=C=O.O=C=O.[Cl-]. The molecule has 0 aromatic carbocycles. The highest BCUT2D eigenvalue weighted by Crippen LogP contribution is 2.26. The van der Waals surface area contributed by atoms with Gasteiger partial charge in [-0.15, -0.1) is 0 Å². The molecule has 7 N–H and O–H groups in total. The van der Waals surface area contributed by atoms with Crippen molar-refractivity contribution in [2.45, 2.75) is 335 Å². The van der Waals surface area contributed by atoms with Gasteiger partial charge >= 0.3 is 60.2 Å². The molecule has 0 heterocycles. The monoisotopic (exact) mass is 1330 g/mol. The van der Waals surface area contributed by atoms with Gasteiger partial charge in [0.15, 0.2) is 6.04 Å². The summed E-state index contributed by atoms with van der Waals surface area (Å²) in [6.45, 7) is 46.8. The van der Waals surface area contributed by atoms with Crippen LogP contribution in [0.25, 0.3) is 10.4 Å². The predicted octanol–water partition coefficient (Wildman–Crippen LogP) is 8.30. The Labute approximate surface area is 551 Å². The lowest BCUT2D eigenvalue weighted by Crippen LogP contribution is -3.00. The van der Waals surface area contributed by atoms with E-state index in [2.05, 4.69) is 64.7 Å². The van der Waals surface area contributed by atoms with Gasteiger partial charge in [0.05, 0.1) is 6.42 Å². The molecule has 0 saturated carbocycles. The first-order valence-corrected chi connectivity index (χ1v) is 29.9. The minimum Gasteiger partial charge on any atom is -1.00 e. The number of urea groups is 2. The van der Waals surface area contributed by atoms with Crippen LogP contribution >= 0.6 is 0 Å². The maximum atomic E-state index is 12.8. The number of azide groups is 1. The second-order valence-electron chi connectivity index (χ2n) is 29.0. The van der Waals surface area contributed by atoms with Crippen molar-refractivity contribution in [2.75, 3.05) is 6.54 Å². The summed E-state index contributed by atoms with van der Waals surface area (Å²) in [6.07, 6.45) is 7.40. The first-order chi connectivity index (χ1) is 39.6. The smallest absolute Gasteiger partial charge is 0.373 e. The number of hydrogen-bond acceptors (Lipinski definition) is 19. The van der Waals surface area contributed by atoms with Crippen LogP contribution in [0.5, 0.6) is 0 Å². The van der Waals surface area contributed by atoms with E-state index in [4.69, 9.17) is 53.1 Å². The largest absolute Gasteiger partial charge is 1.00 e. The minimum atomic E-state index is -0.998. The highest BCUT2D eigenvalue weighted by atomic mass is 35.5. The fourth-order valence-corrected chi connectivity index (χ4v) is 7.07. The van der Waals surface area contributed by atoms with Gasteiger partial charge in [0, 0.05) is 42.8 Å². The van der Waals surface area contributed by atoms with Crippen molar-refractivity contribution < 1.29 is 104 Å². The van der Waals surface area contributed by atoms with E-state index in [-0.39, 0.29) is 107 Å². The third-order valence-corrected chi connectivity index (χ3v) is 10.8. The van der Waals surface area contributed by atoms with Crippen LogP contribution in [-0.4, -0.2) is 131 Å². The number of carbonyl (C=O) groups excluding carboxylic acids is 12. The van der Waals surface area contributed by atoms with Crippen LogP contribution in [0.15, 0.2) is 5.11 Å². The molecule has 0 saturated heterocycles. The number of nitrogens with zero attached hydrogens (tertiary/aromatic N) is 3. The van der Waals surface area contributed by atoms with Crippen LogP contribution in [0, 0.1) is 10.8 Å². The molecule has 0 aromatic heterocycles. The zero-order valence-electron chi connectivity index (χ0n) is 58.6. The Hall–Kier alpha value is -6.32. The molecule has 0 aliphatic heterocycles. The number of rotatable bonds is 25. The molecular formula is C64H123ClN8O18. The predicted molar refractivity (Wildman–Crippen MR) is 342 cm³/mol. The summed E-state index contributed by atoms with van der Waals surface area (Å²) in [5.74, 6) is -2.75. The molecule has 0 rings (SSSR count). The van der Waals surface area contributed by atoms with Crippen LogP contribution in [0.2, 0.25) is 0 Å². The maximum absolute atomic E-state index is 12.8. The van der Waals surface area contributed by atoms with E-state index in [0.717, 1.165) is 38.5 Å². The molecular weight excluding hydrogens is 1200 g/mol. The number of carbonyl (C=O) groups is 8. The van der Waals surface area contributed by atoms with Gasteiger partial charge in [-0.2, -0.15) is 19.2 Å². The van der Waals surface area contributed by atoms with E-state index in [9.17, 15) is 38.4 Å². The van der Waals surface area contributed by atoms with Crippen molar-refractivity contribution in [2.24, 2.45) is 15.9 Å². The van der Waals surface area contributed by atoms with E-state index in [1.54, 1.807) is 125 Å². The summed E-state index contributed by atoms with van der Waals surface area (Å²) in [6, 6.07) is -3.64. The van der Waals surface area contributed by atoms with Crippen molar-refractivity contribution in [3.63, 3.8) is 0 Å². The lowest BCUT2D eigenvalue weighted by atomic mass is 9.83. The Kier molecular flexibility index (Phi) is 53.7. The van der Waals surface area contributed by atoms with E-state index in [1.807, 2.05) is 20.8 Å². The van der Waals surface area contributed by atoms with Crippen molar-refractivity contribution in [1.29, 1.82) is 0 Å². The van der Waals surface area contributed by atoms with Crippen molar-refractivity contribution in [3.05, 3.63) is 10.4 Å². The van der Waals surface area contributed by atoms with Gasteiger partial charge in [0.1, 0.15) is 45.7 Å². The van der Waals surface area contributed by atoms with Gasteiger partial charge in [-0.3, -0.25) is 14.4 Å². The number of quaternary nitrogens is 1. The number of esters is 6. The molecule has 26 nitrogen and oxygen atoms in total. The third kappa shape index (κ3) is 67.9. The second kappa shape index (κ2) is 48.4. The molecule has 4 amide bonds. The maximum Gasteiger partial charge on any atom is 0.373 e. The number of nitrogens with one attached hydrogen (secondary N) is 4. The van der Waals surface area contributed by atoms with Crippen LogP contribution < -0.4 is 39.4 Å². The molecule has 0 fully saturated rings. The molecule has 0 unspecified atom stereocenters. The van der Waals surface area contributed by atoms with Crippen LogP contribution in [0.1, 0.15) is 271 Å². The van der Waals surface area contributed by atoms with E-state index >= 15 is 0 Å². The molecule has 27 heteroatoms. The Balaban J connectivity index is -0.000000184. The van der Waals surface area contributed by atoms with E-state index < -0.39 is 87.7 Å². The van der Waals surface area contributed by atoms with Crippen molar-refractivity contribution in [3.8, 4) is 0 Å².